The van der Waals surface area contributed by atoms with Gasteiger partial charge in [0.05, 0.1) is 6.54 Å². The third-order valence-corrected chi connectivity index (χ3v) is 3.35. The van der Waals surface area contributed by atoms with Crippen molar-refractivity contribution < 1.29 is 9.59 Å². The van der Waals surface area contributed by atoms with E-state index in [-0.39, 0.29) is 18.2 Å². The van der Waals surface area contributed by atoms with Crippen molar-refractivity contribution in [2.24, 2.45) is 0 Å². The number of ketones is 1. The van der Waals surface area contributed by atoms with E-state index < -0.39 is 0 Å². The highest BCUT2D eigenvalue weighted by Crippen LogP contribution is 2.08. The molecule has 0 aromatic heterocycles. The van der Waals surface area contributed by atoms with Gasteiger partial charge in [0.2, 0.25) is 0 Å². The first kappa shape index (κ1) is 16.5. The number of hydrogen-bond donors (Lipinski definition) is 1. The third-order valence-electron chi connectivity index (χ3n) is 3.35. The molecule has 0 fully saturated rings. The highest BCUT2D eigenvalue weighted by molar-refractivity contribution is 5.95. The number of aryl methyl sites for hydroxylation is 2. The summed E-state index contributed by atoms with van der Waals surface area (Å²) in [5, 5.41) is 2.79. The van der Waals surface area contributed by atoms with Crippen LogP contribution >= 0.6 is 0 Å². The van der Waals surface area contributed by atoms with Gasteiger partial charge in [-0.1, -0.05) is 41.2 Å². The Morgan fingerprint density at radius 3 is 2.13 bits per heavy atom. The summed E-state index contributed by atoms with van der Waals surface area (Å²) in [4.78, 5) is 23.3. The molecule has 0 aliphatic heterocycles. The predicted molar refractivity (Wildman–Crippen MR) is 91.6 cm³/mol. The average Bonchev–Trinajstić information content (AvgIpc) is 2.50. The van der Waals surface area contributed by atoms with Crippen LogP contribution in [0.5, 0.6) is 0 Å². The molecule has 116 valence electrons. The monoisotopic (exact) mass is 305 g/mol. The number of carbonyl (C=O) groups is 2. The van der Waals surface area contributed by atoms with E-state index >= 15 is 0 Å². The zero-order chi connectivity index (χ0) is 16.8. The Morgan fingerprint density at radius 1 is 0.957 bits per heavy atom. The molecule has 0 saturated carbocycles. The van der Waals surface area contributed by atoms with Crippen LogP contribution in [-0.2, 0) is 0 Å². The van der Waals surface area contributed by atoms with Crippen molar-refractivity contribution in [2.45, 2.75) is 20.8 Å². The fourth-order valence-corrected chi connectivity index (χ4v) is 2.27. The molecule has 0 unspecified atom stereocenters. The molecular formula is C20H19NO2. The van der Waals surface area contributed by atoms with Crippen molar-refractivity contribution in [3.63, 3.8) is 0 Å². The minimum absolute atomic E-state index is 0.0326. The Hall–Kier alpha value is -2.86. The maximum atomic E-state index is 12.1. The van der Waals surface area contributed by atoms with E-state index in [9.17, 15) is 9.59 Å². The highest BCUT2D eigenvalue weighted by Gasteiger charge is 2.05. The molecule has 0 atom stereocenters. The Labute approximate surface area is 136 Å². The standard InChI is InChI=1S/C20H19NO2/c1-14-11-15(2)13-19(12-14)20(23)21-10-4-5-17-6-8-18(9-7-17)16(3)22/h6-9,11-13H,10H2,1-3H3,(H,21,23). The first-order chi connectivity index (χ1) is 11.0. The van der Waals surface area contributed by atoms with E-state index in [0.717, 1.165) is 16.7 Å². The van der Waals surface area contributed by atoms with Gasteiger partial charge in [0.1, 0.15) is 0 Å². The summed E-state index contributed by atoms with van der Waals surface area (Å²) in [5.74, 6) is 5.78. The van der Waals surface area contributed by atoms with E-state index in [1.54, 1.807) is 24.3 Å². The summed E-state index contributed by atoms with van der Waals surface area (Å²) in [6.07, 6.45) is 0. The van der Waals surface area contributed by atoms with Gasteiger partial charge >= 0.3 is 0 Å². The first-order valence-electron chi connectivity index (χ1n) is 7.42. The Kier molecular flexibility index (Phi) is 5.32. The van der Waals surface area contributed by atoms with Crippen LogP contribution in [0.15, 0.2) is 42.5 Å². The van der Waals surface area contributed by atoms with Crippen LogP contribution in [0.25, 0.3) is 0 Å². The summed E-state index contributed by atoms with van der Waals surface area (Å²) < 4.78 is 0. The summed E-state index contributed by atoms with van der Waals surface area (Å²) in [5.41, 5.74) is 4.25. The number of Topliss-reactive ketones (excluding diaryl/α,β-unsaturated/α-hetero) is 1. The van der Waals surface area contributed by atoms with Crippen molar-refractivity contribution in [2.75, 3.05) is 6.54 Å². The van der Waals surface area contributed by atoms with Crippen LogP contribution < -0.4 is 5.32 Å². The van der Waals surface area contributed by atoms with E-state index in [1.807, 2.05) is 32.0 Å². The molecule has 1 amide bonds. The van der Waals surface area contributed by atoms with Crippen molar-refractivity contribution >= 4 is 11.7 Å². The van der Waals surface area contributed by atoms with Crippen molar-refractivity contribution in [1.82, 2.24) is 5.32 Å². The number of carbonyl (C=O) groups excluding carboxylic acids is 2. The molecule has 2 aromatic carbocycles. The Balaban J connectivity index is 1.94. The van der Waals surface area contributed by atoms with Gasteiger partial charge in [-0.15, -0.1) is 0 Å². The molecule has 0 heterocycles. The molecule has 3 heteroatoms. The molecular weight excluding hydrogens is 286 g/mol. The van der Waals surface area contributed by atoms with Crippen LogP contribution in [0.4, 0.5) is 0 Å². The quantitative estimate of drug-likeness (QED) is 0.698. The van der Waals surface area contributed by atoms with Crippen LogP contribution in [0.3, 0.4) is 0 Å². The smallest absolute Gasteiger partial charge is 0.252 e. The van der Waals surface area contributed by atoms with Crippen molar-refractivity contribution in [3.05, 3.63) is 70.3 Å². The van der Waals surface area contributed by atoms with Gasteiger partial charge in [0.25, 0.3) is 5.91 Å². The Bertz CT molecular complexity index is 772. The highest BCUT2D eigenvalue weighted by atomic mass is 16.1. The predicted octanol–water partition coefficient (Wildman–Crippen LogP) is 3.29. The van der Waals surface area contributed by atoms with E-state index in [2.05, 4.69) is 17.2 Å². The maximum Gasteiger partial charge on any atom is 0.252 e. The van der Waals surface area contributed by atoms with Crippen molar-refractivity contribution in [3.8, 4) is 11.8 Å². The maximum absolute atomic E-state index is 12.1. The Morgan fingerprint density at radius 2 is 1.57 bits per heavy atom. The number of amides is 1. The number of nitrogens with one attached hydrogen (secondary N) is 1. The van der Waals surface area contributed by atoms with Gasteiger partial charge in [0.15, 0.2) is 5.78 Å². The number of hydrogen-bond acceptors (Lipinski definition) is 2. The molecule has 0 aliphatic carbocycles. The molecule has 23 heavy (non-hydrogen) atoms. The van der Waals surface area contributed by atoms with Crippen LogP contribution in [-0.4, -0.2) is 18.2 Å². The minimum Gasteiger partial charge on any atom is -0.341 e. The fraction of sp³-hybridized carbons (Fsp3) is 0.200. The van der Waals surface area contributed by atoms with Crippen molar-refractivity contribution in [1.29, 1.82) is 0 Å². The summed E-state index contributed by atoms with van der Waals surface area (Å²) in [7, 11) is 0. The van der Waals surface area contributed by atoms with Gasteiger partial charge in [-0.05, 0) is 45.0 Å². The minimum atomic E-state index is -0.127. The van der Waals surface area contributed by atoms with Gasteiger partial charge in [0, 0.05) is 16.7 Å². The van der Waals surface area contributed by atoms with Gasteiger partial charge in [-0.3, -0.25) is 9.59 Å². The average molecular weight is 305 g/mol. The number of benzene rings is 2. The molecule has 0 radical (unpaired) electrons. The van der Waals surface area contributed by atoms with E-state index in [0.29, 0.717) is 11.1 Å². The van der Waals surface area contributed by atoms with Gasteiger partial charge in [-0.2, -0.15) is 0 Å². The number of rotatable bonds is 3. The molecule has 0 saturated heterocycles. The molecule has 0 bridgehead atoms. The summed E-state index contributed by atoms with van der Waals surface area (Å²) in [6, 6.07) is 12.8. The molecule has 3 nitrogen and oxygen atoms in total. The van der Waals surface area contributed by atoms with E-state index in [4.69, 9.17) is 0 Å². The molecule has 0 spiro atoms. The second-order valence-corrected chi connectivity index (χ2v) is 5.49. The lowest BCUT2D eigenvalue weighted by Crippen LogP contribution is -2.23. The lowest BCUT2D eigenvalue weighted by molar-refractivity contribution is 0.0957. The second-order valence-electron chi connectivity index (χ2n) is 5.49. The normalized spacial score (nSPS) is 9.70. The van der Waals surface area contributed by atoms with Gasteiger partial charge in [-0.25, -0.2) is 0 Å². The SMILES string of the molecule is CC(=O)c1ccc(C#CCNC(=O)c2cc(C)cc(C)c2)cc1. The van der Waals surface area contributed by atoms with Crippen LogP contribution in [0.1, 0.15) is 44.3 Å². The van der Waals surface area contributed by atoms with E-state index in [1.165, 1.54) is 6.92 Å². The largest absolute Gasteiger partial charge is 0.341 e. The zero-order valence-electron chi connectivity index (χ0n) is 13.6. The summed E-state index contributed by atoms with van der Waals surface area (Å²) >= 11 is 0. The van der Waals surface area contributed by atoms with Crippen LogP contribution in [0, 0.1) is 25.7 Å². The molecule has 0 aliphatic rings. The summed E-state index contributed by atoms with van der Waals surface area (Å²) in [6.45, 7) is 5.74. The third kappa shape index (κ3) is 4.82. The zero-order valence-corrected chi connectivity index (χ0v) is 13.6. The lowest BCUT2D eigenvalue weighted by atomic mass is 10.1. The van der Waals surface area contributed by atoms with Crippen LogP contribution in [0.2, 0.25) is 0 Å². The molecule has 2 rings (SSSR count). The molecule has 2 aromatic rings. The second kappa shape index (κ2) is 7.42. The lowest BCUT2D eigenvalue weighted by Gasteiger charge is -2.04. The molecule has 1 N–H and O–H groups in total. The fourth-order valence-electron chi connectivity index (χ4n) is 2.27. The first-order valence-corrected chi connectivity index (χ1v) is 7.42. The topological polar surface area (TPSA) is 46.2 Å². The van der Waals surface area contributed by atoms with Gasteiger partial charge < -0.3 is 5.32 Å².